The Kier molecular flexibility index (Phi) is 11.0. The van der Waals surface area contributed by atoms with Crippen LogP contribution in [0.5, 0.6) is 17.2 Å². The van der Waals surface area contributed by atoms with Gasteiger partial charge >= 0.3 is 12.0 Å². The lowest BCUT2D eigenvalue weighted by molar-refractivity contribution is -0.884. The topological polar surface area (TPSA) is 112 Å². The molecule has 3 heterocycles. The molecule has 0 spiro atoms. The van der Waals surface area contributed by atoms with E-state index in [-0.39, 0.29) is 25.3 Å². The minimum Gasteiger partial charge on any atom is -0.493 e. The standard InChI is InChI=1S/C36H51N5O7/c1-7-8-16-40(27-12-9-11-25(18-27)23-41(3,4)5)32(42)22-39-21-28(26-19-30(46-6)34-31(20-26)47-24-48-34)33(35(43)44)29(39)13-17-38-15-10-14-37(2)36(38)45/h9,11-12,18-20,28-29,33H,7-8,10,13-17,21-24H2,1-6H3/p+1/t28-,29+,33?/m1/s1. The van der Waals surface area contributed by atoms with Gasteiger partial charge in [-0.3, -0.25) is 14.5 Å². The van der Waals surface area contributed by atoms with Gasteiger partial charge in [0.05, 0.1) is 40.7 Å². The highest BCUT2D eigenvalue weighted by Gasteiger charge is 2.48. The van der Waals surface area contributed by atoms with Crippen LogP contribution in [-0.2, 0) is 16.1 Å². The first-order chi connectivity index (χ1) is 22.9. The highest BCUT2D eigenvalue weighted by molar-refractivity contribution is 5.95. The summed E-state index contributed by atoms with van der Waals surface area (Å²) in [6.45, 7) is 5.72. The number of nitrogens with zero attached hydrogens (tertiary/aromatic N) is 5. The number of ether oxygens (including phenoxy) is 3. The summed E-state index contributed by atoms with van der Waals surface area (Å²) in [5, 5.41) is 10.7. The summed E-state index contributed by atoms with van der Waals surface area (Å²) in [6.07, 6.45) is 3.06. The van der Waals surface area contributed by atoms with Crippen LogP contribution in [0.25, 0.3) is 0 Å². The summed E-state index contributed by atoms with van der Waals surface area (Å²) in [4.78, 5) is 47.8. The zero-order chi connectivity index (χ0) is 34.6. The van der Waals surface area contributed by atoms with Crippen molar-refractivity contribution in [1.29, 1.82) is 0 Å². The van der Waals surface area contributed by atoms with Crippen molar-refractivity contribution in [3.63, 3.8) is 0 Å². The number of rotatable bonds is 14. The van der Waals surface area contributed by atoms with Crippen LogP contribution in [0.2, 0.25) is 0 Å². The number of hydrogen-bond donors (Lipinski definition) is 1. The van der Waals surface area contributed by atoms with Crippen LogP contribution in [-0.4, -0.2) is 130 Å². The molecule has 0 aliphatic carbocycles. The van der Waals surface area contributed by atoms with Crippen molar-refractivity contribution in [2.45, 2.75) is 51.1 Å². The maximum absolute atomic E-state index is 14.3. The number of carboxylic acids is 1. The van der Waals surface area contributed by atoms with E-state index in [9.17, 15) is 19.5 Å². The van der Waals surface area contributed by atoms with E-state index < -0.39 is 23.8 Å². The van der Waals surface area contributed by atoms with Gasteiger partial charge in [-0.25, -0.2) is 4.79 Å². The molecule has 0 saturated carbocycles. The van der Waals surface area contributed by atoms with Crippen LogP contribution in [0, 0.1) is 5.92 Å². The molecule has 3 aliphatic heterocycles. The molecule has 12 heteroatoms. The second kappa shape index (κ2) is 15.0. The fourth-order valence-electron chi connectivity index (χ4n) is 7.32. The second-order valence-corrected chi connectivity index (χ2v) is 14.3. The van der Waals surface area contributed by atoms with Crippen LogP contribution in [0.1, 0.15) is 49.7 Å². The van der Waals surface area contributed by atoms with Gasteiger partial charge in [0.1, 0.15) is 6.54 Å². The number of quaternary nitrogens is 1. The molecule has 0 bridgehead atoms. The Morgan fingerprint density at radius 1 is 1.12 bits per heavy atom. The molecule has 2 fully saturated rings. The molecule has 3 aliphatic rings. The Hall–Kier alpha value is -4.03. The highest BCUT2D eigenvalue weighted by Crippen LogP contribution is 2.47. The quantitative estimate of drug-likeness (QED) is 0.301. The molecule has 48 heavy (non-hydrogen) atoms. The Labute approximate surface area is 284 Å². The molecule has 0 radical (unpaired) electrons. The minimum absolute atomic E-state index is 0.0506. The van der Waals surface area contributed by atoms with E-state index in [0.29, 0.717) is 56.4 Å². The van der Waals surface area contributed by atoms with E-state index in [0.717, 1.165) is 47.1 Å². The van der Waals surface area contributed by atoms with Crippen molar-refractivity contribution in [1.82, 2.24) is 14.7 Å². The summed E-state index contributed by atoms with van der Waals surface area (Å²) in [6, 6.07) is 11.3. The molecule has 1 N–H and O–H groups in total. The number of carboxylic acid groups (broad SMARTS) is 1. The lowest BCUT2D eigenvalue weighted by atomic mass is 9.84. The summed E-state index contributed by atoms with van der Waals surface area (Å²) in [7, 11) is 9.76. The van der Waals surface area contributed by atoms with Gasteiger partial charge in [0.15, 0.2) is 11.5 Å². The number of anilines is 1. The van der Waals surface area contributed by atoms with E-state index in [1.807, 2.05) is 34.1 Å². The number of aliphatic carboxylic acids is 1. The van der Waals surface area contributed by atoms with Gasteiger partial charge < -0.3 is 38.5 Å². The number of carbonyl (C=O) groups is 3. The molecule has 3 amide bonds. The minimum atomic E-state index is -0.936. The Morgan fingerprint density at radius 2 is 1.92 bits per heavy atom. The van der Waals surface area contributed by atoms with Crippen LogP contribution in [0.4, 0.5) is 10.5 Å². The van der Waals surface area contributed by atoms with E-state index >= 15 is 0 Å². The lowest BCUT2D eigenvalue weighted by Gasteiger charge is -2.35. The molecule has 3 atom stereocenters. The van der Waals surface area contributed by atoms with E-state index in [1.165, 1.54) is 0 Å². The number of amides is 3. The molecule has 12 nitrogen and oxygen atoms in total. The van der Waals surface area contributed by atoms with Crippen molar-refractivity contribution in [3.8, 4) is 17.2 Å². The van der Waals surface area contributed by atoms with Crippen molar-refractivity contribution >= 4 is 23.6 Å². The number of unbranched alkanes of at least 4 members (excludes halogenated alkanes) is 1. The van der Waals surface area contributed by atoms with Crippen molar-refractivity contribution < 1.29 is 38.2 Å². The Bertz CT molecular complexity index is 1480. The van der Waals surface area contributed by atoms with Crippen LogP contribution in [0.15, 0.2) is 36.4 Å². The van der Waals surface area contributed by atoms with Crippen molar-refractivity contribution in [3.05, 3.63) is 47.5 Å². The SMILES string of the molecule is CCCCN(C(=O)CN1C[C@H](c2cc(OC)c3c(c2)OCO3)C(C(=O)O)[C@@H]1CCN1CCCN(C)C1=O)c1cccc(C[N+](C)(C)C)c1. The summed E-state index contributed by atoms with van der Waals surface area (Å²) in [5.74, 6) is -0.774. The number of urea groups is 1. The van der Waals surface area contributed by atoms with Gasteiger partial charge in [-0.15, -0.1) is 0 Å². The van der Waals surface area contributed by atoms with Crippen LogP contribution < -0.4 is 19.1 Å². The predicted octanol–water partition coefficient (Wildman–Crippen LogP) is 4.08. The molecule has 2 aromatic carbocycles. The van der Waals surface area contributed by atoms with Gasteiger partial charge in [0.2, 0.25) is 18.4 Å². The monoisotopic (exact) mass is 666 g/mol. The first-order valence-electron chi connectivity index (χ1n) is 17.0. The molecule has 0 aromatic heterocycles. The fraction of sp³-hybridized carbons (Fsp3) is 0.583. The van der Waals surface area contributed by atoms with Gasteiger partial charge in [-0.05, 0) is 49.1 Å². The van der Waals surface area contributed by atoms with Gasteiger partial charge in [-0.2, -0.15) is 0 Å². The molecule has 262 valence electrons. The number of carbonyl (C=O) groups excluding carboxylic acids is 2. The van der Waals surface area contributed by atoms with Crippen molar-refractivity contribution in [2.75, 3.05) is 86.3 Å². The zero-order valence-electron chi connectivity index (χ0n) is 29.3. The van der Waals surface area contributed by atoms with Crippen LogP contribution >= 0.6 is 0 Å². The maximum atomic E-state index is 14.3. The number of benzene rings is 2. The Morgan fingerprint density at radius 3 is 2.62 bits per heavy atom. The predicted molar refractivity (Wildman–Crippen MR) is 183 cm³/mol. The third-order valence-corrected chi connectivity index (χ3v) is 9.61. The summed E-state index contributed by atoms with van der Waals surface area (Å²) in [5.41, 5.74) is 2.75. The molecular weight excluding hydrogens is 614 g/mol. The lowest BCUT2D eigenvalue weighted by Crippen LogP contribution is -2.50. The molecule has 2 saturated heterocycles. The molecule has 5 rings (SSSR count). The van der Waals surface area contributed by atoms with Gasteiger partial charge in [0, 0.05) is 63.0 Å². The van der Waals surface area contributed by atoms with Gasteiger partial charge in [-0.1, -0.05) is 25.5 Å². The average molecular weight is 667 g/mol. The largest absolute Gasteiger partial charge is 0.493 e. The Balaban J connectivity index is 1.46. The first kappa shape index (κ1) is 35.3. The summed E-state index contributed by atoms with van der Waals surface area (Å²) >= 11 is 0. The number of methoxy groups -OCH3 is 1. The average Bonchev–Trinajstić information content (AvgIpc) is 3.66. The zero-order valence-corrected chi connectivity index (χ0v) is 29.3. The second-order valence-electron chi connectivity index (χ2n) is 14.3. The van der Waals surface area contributed by atoms with E-state index in [4.69, 9.17) is 14.2 Å². The molecule has 2 aromatic rings. The maximum Gasteiger partial charge on any atom is 0.319 e. The van der Waals surface area contributed by atoms with Crippen LogP contribution in [0.3, 0.4) is 0 Å². The first-order valence-corrected chi connectivity index (χ1v) is 17.0. The fourth-order valence-corrected chi connectivity index (χ4v) is 7.32. The third-order valence-electron chi connectivity index (χ3n) is 9.61. The van der Waals surface area contributed by atoms with E-state index in [1.54, 1.807) is 24.0 Å². The third kappa shape index (κ3) is 7.98. The number of hydrogen-bond acceptors (Lipinski definition) is 7. The van der Waals surface area contributed by atoms with Gasteiger partial charge in [0.25, 0.3) is 0 Å². The molecular formula is C36H52N5O7+. The smallest absolute Gasteiger partial charge is 0.319 e. The normalized spacial score (nSPS) is 21.1. The van der Waals surface area contributed by atoms with E-state index in [2.05, 4.69) is 40.2 Å². The number of likely N-dealkylation sites (tertiary alicyclic amines) is 1. The van der Waals surface area contributed by atoms with Crippen molar-refractivity contribution in [2.24, 2.45) is 5.92 Å². The summed E-state index contributed by atoms with van der Waals surface area (Å²) < 4.78 is 17.7. The highest BCUT2D eigenvalue weighted by atomic mass is 16.7. The number of fused-ring (bicyclic) bond motifs is 1. The molecule has 1 unspecified atom stereocenters.